The molecule has 0 saturated carbocycles. The Hall–Kier alpha value is -8.14. The summed E-state index contributed by atoms with van der Waals surface area (Å²) in [5.41, 5.74) is 14.9. The maximum atomic E-state index is 2.42. The average molecular weight is 780 g/mol. The van der Waals surface area contributed by atoms with Gasteiger partial charge in [0.1, 0.15) is 0 Å². The highest BCUT2D eigenvalue weighted by Crippen LogP contribution is 2.43. The highest BCUT2D eigenvalue weighted by atomic mass is 15.1. The van der Waals surface area contributed by atoms with Crippen molar-refractivity contribution in [2.24, 2.45) is 0 Å². The van der Waals surface area contributed by atoms with Crippen molar-refractivity contribution in [1.82, 2.24) is 4.57 Å². The van der Waals surface area contributed by atoms with Gasteiger partial charge in [-0.1, -0.05) is 152 Å². The van der Waals surface area contributed by atoms with Crippen LogP contribution in [0.5, 0.6) is 0 Å². The number of anilines is 6. The normalized spacial score (nSPS) is 11.3. The molecule has 1 heterocycles. The van der Waals surface area contributed by atoms with Gasteiger partial charge in [-0.25, -0.2) is 0 Å². The van der Waals surface area contributed by atoms with Crippen molar-refractivity contribution in [2.45, 2.75) is 0 Å². The van der Waals surface area contributed by atoms with E-state index in [4.69, 9.17) is 0 Å². The SMILES string of the molecule is c1ccc(-c2ccc3c(c2)c2c(-c4ccc(N(c5ccccc5)c5cccc6ccccc56)cc4)cccc2n3-c2ccc(N(c3ccccc3)c3ccccc3)cc2)cc1. The van der Waals surface area contributed by atoms with Crippen molar-refractivity contribution in [3.8, 4) is 27.9 Å². The monoisotopic (exact) mass is 779 g/mol. The van der Waals surface area contributed by atoms with Crippen LogP contribution in [-0.4, -0.2) is 4.57 Å². The van der Waals surface area contributed by atoms with E-state index in [9.17, 15) is 0 Å². The minimum Gasteiger partial charge on any atom is -0.311 e. The molecule has 288 valence electrons. The van der Waals surface area contributed by atoms with E-state index < -0.39 is 0 Å². The van der Waals surface area contributed by atoms with Gasteiger partial charge in [0.15, 0.2) is 0 Å². The molecule has 1 aromatic heterocycles. The van der Waals surface area contributed by atoms with Crippen LogP contribution in [0.2, 0.25) is 0 Å². The van der Waals surface area contributed by atoms with Crippen LogP contribution in [-0.2, 0) is 0 Å². The zero-order chi connectivity index (χ0) is 40.5. The summed E-state index contributed by atoms with van der Waals surface area (Å²) in [7, 11) is 0. The molecule has 0 bridgehead atoms. The molecule has 0 radical (unpaired) electrons. The Labute approximate surface area is 356 Å². The van der Waals surface area contributed by atoms with Gasteiger partial charge in [0.05, 0.1) is 16.7 Å². The summed E-state index contributed by atoms with van der Waals surface area (Å²) in [6.45, 7) is 0. The Morgan fingerprint density at radius 3 is 1.48 bits per heavy atom. The average Bonchev–Trinajstić information content (AvgIpc) is 3.68. The van der Waals surface area contributed by atoms with Crippen LogP contribution in [0.25, 0.3) is 60.5 Å². The maximum Gasteiger partial charge on any atom is 0.0547 e. The van der Waals surface area contributed by atoms with Crippen LogP contribution in [0.15, 0.2) is 249 Å². The van der Waals surface area contributed by atoms with Gasteiger partial charge >= 0.3 is 0 Å². The van der Waals surface area contributed by atoms with E-state index >= 15 is 0 Å². The number of hydrogen-bond acceptors (Lipinski definition) is 2. The molecule has 0 spiro atoms. The van der Waals surface area contributed by atoms with Crippen LogP contribution in [0.4, 0.5) is 34.1 Å². The summed E-state index contributed by atoms with van der Waals surface area (Å²) in [5, 5.41) is 4.88. The van der Waals surface area contributed by atoms with E-state index in [1.807, 2.05) is 0 Å². The summed E-state index contributed by atoms with van der Waals surface area (Å²) >= 11 is 0. The van der Waals surface area contributed by atoms with Crippen molar-refractivity contribution >= 4 is 66.7 Å². The zero-order valence-corrected chi connectivity index (χ0v) is 33.5. The van der Waals surface area contributed by atoms with E-state index in [0.717, 1.165) is 39.8 Å². The fourth-order valence-corrected chi connectivity index (χ4v) is 8.95. The molecule has 0 saturated heterocycles. The molecule has 3 nitrogen and oxygen atoms in total. The number of fused-ring (bicyclic) bond motifs is 4. The summed E-state index contributed by atoms with van der Waals surface area (Å²) in [6.07, 6.45) is 0. The summed E-state index contributed by atoms with van der Waals surface area (Å²) in [6, 6.07) is 89.4. The first-order valence-electron chi connectivity index (χ1n) is 20.9. The quantitative estimate of drug-likeness (QED) is 0.145. The third-order valence-electron chi connectivity index (χ3n) is 11.8. The molecule has 11 rings (SSSR count). The van der Waals surface area contributed by atoms with E-state index in [1.54, 1.807) is 0 Å². The number of hydrogen-bond donors (Lipinski definition) is 0. The Bertz CT molecular complexity index is 3220. The summed E-state index contributed by atoms with van der Waals surface area (Å²) < 4.78 is 2.42. The molecule has 0 aliphatic heterocycles. The largest absolute Gasteiger partial charge is 0.311 e. The summed E-state index contributed by atoms with van der Waals surface area (Å²) in [5.74, 6) is 0. The third kappa shape index (κ3) is 6.59. The molecule has 0 aliphatic carbocycles. The van der Waals surface area contributed by atoms with Crippen LogP contribution >= 0.6 is 0 Å². The molecule has 10 aromatic carbocycles. The van der Waals surface area contributed by atoms with Gasteiger partial charge in [0.2, 0.25) is 0 Å². The van der Waals surface area contributed by atoms with Crippen LogP contribution in [0, 0.1) is 0 Å². The van der Waals surface area contributed by atoms with Crippen LogP contribution in [0.3, 0.4) is 0 Å². The molecular formula is C58H41N3. The Kier molecular flexibility index (Phi) is 9.18. The molecule has 0 unspecified atom stereocenters. The van der Waals surface area contributed by atoms with E-state index in [1.165, 1.54) is 54.8 Å². The summed E-state index contributed by atoms with van der Waals surface area (Å²) in [4.78, 5) is 4.67. The predicted molar refractivity (Wildman–Crippen MR) is 259 cm³/mol. The minimum atomic E-state index is 1.10. The number of benzene rings is 10. The second-order valence-corrected chi connectivity index (χ2v) is 15.4. The zero-order valence-electron chi connectivity index (χ0n) is 33.5. The standard InChI is InChI=1S/C58H41N3/c1-5-17-42(18-6-1)45-33-40-56-54(41-45)58-53(44-31-34-50(35-32-44)60(48-25-11-4-12-26-48)55-29-15-20-43-19-13-14-27-52(43)55)28-16-30-57(58)61(56)51-38-36-49(37-39-51)59(46-21-7-2-8-22-46)47-23-9-3-10-24-47/h1-41H. The molecule has 3 heteroatoms. The lowest BCUT2D eigenvalue weighted by molar-refractivity contribution is 1.17. The van der Waals surface area contributed by atoms with Crippen molar-refractivity contribution in [3.05, 3.63) is 249 Å². The first-order chi connectivity index (χ1) is 30.3. The predicted octanol–water partition coefficient (Wildman–Crippen LogP) is 16.2. The molecular weight excluding hydrogens is 739 g/mol. The highest BCUT2D eigenvalue weighted by Gasteiger charge is 2.20. The number of nitrogens with zero attached hydrogens (tertiary/aromatic N) is 3. The molecule has 0 fully saturated rings. The number of rotatable bonds is 9. The van der Waals surface area contributed by atoms with Gasteiger partial charge in [-0.2, -0.15) is 0 Å². The van der Waals surface area contributed by atoms with Gasteiger partial charge in [0, 0.05) is 50.3 Å². The second-order valence-electron chi connectivity index (χ2n) is 15.4. The Morgan fingerprint density at radius 2 is 0.803 bits per heavy atom. The minimum absolute atomic E-state index is 1.10. The second kappa shape index (κ2) is 15.6. The van der Waals surface area contributed by atoms with Gasteiger partial charge in [-0.05, 0) is 125 Å². The van der Waals surface area contributed by atoms with Gasteiger partial charge in [0.25, 0.3) is 0 Å². The van der Waals surface area contributed by atoms with Gasteiger partial charge in [-0.3, -0.25) is 0 Å². The molecule has 0 N–H and O–H groups in total. The fraction of sp³-hybridized carbons (Fsp3) is 0. The smallest absolute Gasteiger partial charge is 0.0547 e. The molecule has 0 amide bonds. The van der Waals surface area contributed by atoms with Crippen molar-refractivity contribution in [3.63, 3.8) is 0 Å². The van der Waals surface area contributed by atoms with Crippen molar-refractivity contribution in [1.29, 1.82) is 0 Å². The lowest BCUT2D eigenvalue weighted by atomic mass is 9.97. The first kappa shape index (κ1) is 36.0. The van der Waals surface area contributed by atoms with Crippen molar-refractivity contribution < 1.29 is 0 Å². The number of aromatic nitrogens is 1. The lowest BCUT2D eigenvalue weighted by Crippen LogP contribution is -2.10. The number of para-hydroxylation sites is 3. The van der Waals surface area contributed by atoms with E-state index in [0.29, 0.717) is 0 Å². The highest BCUT2D eigenvalue weighted by molar-refractivity contribution is 6.16. The molecule has 0 atom stereocenters. The third-order valence-corrected chi connectivity index (χ3v) is 11.8. The fourth-order valence-electron chi connectivity index (χ4n) is 8.95. The molecule has 0 aliphatic rings. The molecule has 11 aromatic rings. The topological polar surface area (TPSA) is 11.4 Å². The van der Waals surface area contributed by atoms with Crippen LogP contribution in [0.1, 0.15) is 0 Å². The Morgan fingerprint density at radius 1 is 0.295 bits per heavy atom. The van der Waals surface area contributed by atoms with Crippen molar-refractivity contribution in [2.75, 3.05) is 9.80 Å². The lowest BCUT2D eigenvalue weighted by Gasteiger charge is -2.27. The van der Waals surface area contributed by atoms with E-state index in [2.05, 4.69) is 263 Å². The van der Waals surface area contributed by atoms with Gasteiger partial charge in [-0.15, -0.1) is 0 Å². The first-order valence-corrected chi connectivity index (χ1v) is 20.9. The van der Waals surface area contributed by atoms with Crippen LogP contribution < -0.4 is 9.80 Å². The Balaban J connectivity index is 1.06. The maximum absolute atomic E-state index is 2.42. The molecule has 61 heavy (non-hydrogen) atoms. The van der Waals surface area contributed by atoms with Gasteiger partial charge < -0.3 is 14.4 Å². The van der Waals surface area contributed by atoms with E-state index in [-0.39, 0.29) is 0 Å².